The molecule has 0 atom stereocenters. The molecule has 0 amide bonds. The number of rotatable bonds is 5. The van der Waals surface area contributed by atoms with E-state index in [1.807, 2.05) is 19.2 Å². The highest BCUT2D eigenvalue weighted by Gasteiger charge is 2.19. The third-order valence-electron chi connectivity index (χ3n) is 3.23. The van der Waals surface area contributed by atoms with E-state index in [2.05, 4.69) is 9.71 Å². The van der Waals surface area contributed by atoms with E-state index in [4.69, 9.17) is 0 Å². The topological polar surface area (TPSA) is 79.3 Å². The van der Waals surface area contributed by atoms with E-state index in [1.165, 1.54) is 17.4 Å². The third kappa shape index (κ3) is 3.68. The van der Waals surface area contributed by atoms with Crippen molar-refractivity contribution in [1.82, 2.24) is 9.71 Å². The van der Waals surface area contributed by atoms with Gasteiger partial charge in [-0.1, -0.05) is 6.07 Å². The van der Waals surface area contributed by atoms with Crippen LogP contribution in [0.5, 0.6) is 0 Å². The van der Waals surface area contributed by atoms with E-state index in [1.54, 1.807) is 13.0 Å². The van der Waals surface area contributed by atoms with Gasteiger partial charge in [0.05, 0.1) is 18.0 Å². The van der Waals surface area contributed by atoms with Crippen molar-refractivity contribution in [3.05, 3.63) is 44.9 Å². The molecule has 21 heavy (non-hydrogen) atoms. The lowest BCUT2D eigenvalue weighted by Crippen LogP contribution is -2.24. The maximum absolute atomic E-state index is 12.4. The molecule has 0 aliphatic carbocycles. The summed E-state index contributed by atoms with van der Waals surface area (Å²) in [5.74, 6) is 0. The van der Waals surface area contributed by atoms with Crippen molar-refractivity contribution in [1.29, 1.82) is 0 Å². The number of aliphatic hydroxyl groups excluding tert-OH is 1. The molecular formula is C14H18N2O3S2. The van der Waals surface area contributed by atoms with Crippen LogP contribution in [-0.2, 0) is 23.2 Å². The number of sulfonamides is 1. The van der Waals surface area contributed by atoms with Gasteiger partial charge in [-0.25, -0.2) is 18.1 Å². The zero-order valence-corrected chi connectivity index (χ0v) is 13.8. The van der Waals surface area contributed by atoms with E-state index in [0.717, 1.165) is 16.3 Å². The lowest BCUT2D eigenvalue weighted by atomic mass is 10.1. The van der Waals surface area contributed by atoms with Gasteiger partial charge in [0.15, 0.2) is 0 Å². The van der Waals surface area contributed by atoms with Crippen LogP contribution < -0.4 is 4.72 Å². The van der Waals surface area contributed by atoms with Gasteiger partial charge in [-0.05, 0) is 43.5 Å². The maximum atomic E-state index is 12.4. The molecule has 0 spiro atoms. The van der Waals surface area contributed by atoms with Crippen LogP contribution in [0, 0.1) is 20.8 Å². The molecule has 0 radical (unpaired) electrons. The fourth-order valence-corrected chi connectivity index (χ4v) is 4.14. The number of benzene rings is 1. The highest BCUT2D eigenvalue weighted by Crippen LogP contribution is 2.21. The fourth-order valence-electron chi connectivity index (χ4n) is 1.99. The van der Waals surface area contributed by atoms with Crippen LogP contribution in [0.4, 0.5) is 0 Å². The molecule has 0 saturated carbocycles. The number of hydrogen-bond donors (Lipinski definition) is 2. The maximum Gasteiger partial charge on any atom is 0.241 e. The summed E-state index contributed by atoms with van der Waals surface area (Å²) in [7, 11) is -3.63. The zero-order chi connectivity index (χ0) is 15.6. The van der Waals surface area contributed by atoms with Gasteiger partial charge in [0.1, 0.15) is 5.01 Å². The summed E-state index contributed by atoms with van der Waals surface area (Å²) in [6.45, 7) is 5.45. The molecule has 2 N–H and O–H groups in total. The van der Waals surface area contributed by atoms with E-state index < -0.39 is 10.0 Å². The molecule has 114 valence electrons. The van der Waals surface area contributed by atoms with E-state index in [9.17, 15) is 13.5 Å². The Balaban J connectivity index is 2.29. The average Bonchev–Trinajstić information content (AvgIpc) is 2.85. The quantitative estimate of drug-likeness (QED) is 0.881. The number of aliphatic hydroxyl groups is 1. The van der Waals surface area contributed by atoms with Crippen LogP contribution in [0.2, 0.25) is 0 Å². The summed E-state index contributed by atoms with van der Waals surface area (Å²) < 4.78 is 27.4. The molecule has 0 unspecified atom stereocenters. The minimum Gasteiger partial charge on any atom is -0.392 e. The molecule has 5 nitrogen and oxygen atoms in total. The van der Waals surface area contributed by atoms with Crippen molar-refractivity contribution < 1.29 is 13.5 Å². The van der Waals surface area contributed by atoms with Crippen molar-refractivity contribution in [3.8, 4) is 0 Å². The first-order valence-corrected chi connectivity index (χ1v) is 8.81. The SMILES string of the molecule is Cc1csc(CNS(=O)(=O)c2cc(CO)cc(C)c2C)n1. The van der Waals surface area contributed by atoms with Crippen molar-refractivity contribution in [2.24, 2.45) is 0 Å². The Morgan fingerprint density at radius 2 is 2.00 bits per heavy atom. The Kier molecular flexibility index (Phi) is 4.77. The first-order valence-electron chi connectivity index (χ1n) is 6.45. The van der Waals surface area contributed by atoms with Crippen LogP contribution in [0.3, 0.4) is 0 Å². The number of hydrogen-bond acceptors (Lipinski definition) is 5. The molecule has 2 aromatic rings. The second kappa shape index (κ2) is 6.23. The predicted octanol–water partition coefficient (Wildman–Crippen LogP) is 2.04. The van der Waals surface area contributed by atoms with Crippen molar-refractivity contribution in [2.75, 3.05) is 0 Å². The summed E-state index contributed by atoms with van der Waals surface area (Å²) in [6, 6.07) is 3.30. The second-order valence-electron chi connectivity index (χ2n) is 4.90. The number of nitrogens with one attached hydrogen (secondary N) is 1. The lowest BCUT2D eigenvalue weighted by Gasteiger charge is -2.12. The van der Waals surface area contributed by atoms with Crippen LogP contribution in [0.25, 0.3) is 0 Å². The summed E-state index contributed by atoms with van der Waals surface area (Å²) in [6.07, 6.45) is 0. The molecule has 0 bridgehead atoms. The van der Waals surface area contributed by atoms with Crippen LogP contribution in [-0.4, -0.2) is 18.5 Å². The van der Waals surface area contributed by atoms with Crippen LogP contribution in [0.15, 0.2) is 22.4 Å². The molecule has 1 aromatic heterocycles. The number of thiazole rings is 1. The van der Waals surface area contributed by atoms with Gasteiger partial charge < -0.3 is 5.11 Å². The van der Waals surface area contributed by atoms with Gasteiger partial charge in [0, 0.05) is 11.1 Å². The predicted molar refractivity (Wildman–Crippen MR) is 82.7 cm³/mol. The number of aryl methyl sites for hydroxylation is 2. The summed E-state index contributed by atoms with van der Waals surface area (Å²) in [5.41, 5.74) is 2.99. The standard InChI is InChI=1S/C14H18N2O3S2/c1-9-4-12(7-17)5-13(11(9)3)21(18,19)15-6-14-16-10(2)8-20-14/h4-5,8,15,17H,6-7H2,1-3H3. The van der Waals surface area contributed by atoms with Crippen LogP contribution in [0.1, 0.15) is 27.4 Å². The molecule has 0 aliphatic heterocycles. The van der Waals surface area contributed by atoms with Gasteiger partial charge in [-0.15, -0.1) is 11.3 Å². The van der Waals surface area contributed by atoms with Gasteiger partial charge in [0.2, 0.25) is 10.0 Å². The smallest absolute Gasteiger partial charge is 0.241 e. The Labute approximate surface area is 128 Å². The summed E-state index contributed by atoms with van der Waals surface area (Å²) >= 11 is 1.42. The Morgan fingerprint density at radius 3 is 2.57 bits per heavy atom. The molecule has 7 heteroatoms. The van der Waals surface area contributed by atoms with Gasteiger partial charge in [0.25, 0.3) is 0 Å². The average molecular weight is 326 g/mol. The molecule has 1 aromatic carbocycles. The third-order valence-corrected chi connectivity index (χ3v) is 5.73. The molecule has 1 heterocycles. The molecular weight excluding hydrogens is 308 g/mol. The molecule has 0 aliphatic rings. The second-order valence-corrected chi connectivity index (χ2v) is 7.58. The monoisotopic (exact) mass is 326 g/mol. The van der Waals surface area contributed by atoms with Gasteiger partial charge in [-0.3, -0.25) is 0 Å². The van der Waals surface area contributed by atoms with Crippen molar-refractivity contribution in [3.63, 3.8) is 0 Å². The van der Waals surface area contributed by atoms with E-state index in [0.29, 0.717) is 11.1 Å². The van der Waals surface area contributed by atoms with Crippen molar-refractivity contribution >= 4 is 21.4 Å². The molecule has 0 fully saturated rings. The Morgan fingerprint density at radius 1 is 1.29 bits per heavy atom. The summed E-state index contributed by atoms with van der Waals surface area (Å²) in [4.78, 5) is 4.44. The molecule has 2 rings (SSSR count). The minimum absolute atomic E-state index is 0.169. The number of aromatic nitrogens is 1. The molecule has 0 saturated heterocycles. The minimum atomic E-state index is -3.63. The normalized spacial score (nSPS) is 11.8. The van der Waals surface area contributed by atoms with Gasteiger partial charge in [-0.2, -0.15) is 0 Å². The summed E-state index contributed by atoms with van der Waals surface area (Å²) in [5, 5.41) is 11.8. The first kappa shape index (κ1) is 16.1. The highest BCUT2D eigenvalue weighted by molar-refractivity contribution is 7.89. The Bertz CT molecular complexity index is 752. The zero-order valence-electron chi connectivity index (χ0n) is 12.2. The first-order chi connectivity index (χ1) is 9.83. The van der Waals surface area contributed by atoms with E-state index >= 15 is 0 Å². The lowest BCUT2D eigenvalue weighted by molar-refractivity contribution is 0.281. The fraction of sp³-hybridized carbons (Fsp3) is 0.357. The van der Waals surface area contributed by atoms with Gasteiger partial charge >= 0.3 is 0 Å². The van der Waals surface area contributed by atoms with E-state index in [-0.39, 0.29) is 18.0 Å². The number of nitrogens with zero attached hydrogens (tertiary/aromatic N) is 1. The van der Waals surface area contributed by atoms with Crippen molar-refractivity contribution in [2.45, 2.75) is 38.8 Å². The largest absolute Gasteiger partial charge is 0.392 e. The highest BCUT2D eigenvalue weighted by atomic mass is 32.2. The van der Waals surface area contributed by atoms with Crippen LogP contribution >= 0.6 is 11.3 Å². The Hall–Kier alpha value is -1.28.